The third-order valence-electron chi connectivity index (χ3n) is 8.94. The van der Waals surface area contributed by atoms with Crippen molar-refractivity contribution in [3.8, 4) is 6.07 Å². The van der Waals surface area contributed by atoms with Gasteiger partial charge in [0.1, 0.15) is 17.9 Å². The van der Waals surface area contributed by atoms with Crippen LogP contribution in [0, 0.1) is 23.1 Å². The van der Waals surface area contributed by atoms with Crippen LogP contribution in [-0.4, -0.2) is 84.7 Å². The first-order chi connectivity index (χ1) is 23.1. The van der Waals surface area contributed by atoms with E-state index in [2.05, 4.69) is 15.5 Å². The van der Waals surface area contributed by atoms with Gasteiger partial charge in [-0.1, -0.05) is 25.1 Å². The van der Waals surface area contributed by atoms with Crippen molar-refractivity contribution in [2.24, 2.45) is 5.92 Å². The zero-order valence-corrected chi connectivity index (χ0v) is 27.2. The van der Waals surface area contributed by atoms with Crippen molar-refractivity contribution in [2.75, 3.05) is 38.5 Å². The highest BCUT2D eigenvalue weighted by atomic mass is 19.3. The number of halogens is 5. The van der Waals surface area contributed by atoms with Crippen LogP contribution >= 0.6 is 0 Å². The van der Waals surface area contributed by atoms with Gasteiger partial charge in [0.25, 0.3) is 5.91 Å². The molecular formula is C34H39F5N6O4. The minimum absolute atomic E-state index is 0.0564. The maximum absolute atomic E-state index is 15.4. The number of rotatable bonds is 11. The molecule has 3 N–H and O–H groups in total. The van der Waals surface area contributed by atoms with Gasteiger partial charge in [-0.3, -0.25) is 19.2 Å². The van der Waals surface area contributed by atoms with E-state index >= 15 is 13.2 Å². The second-order valence-electron chi connectivity index (χ2n) is 12.5. The number of nitriles is 1. The Hall–Kier alpha value is -4.58. The molecule has 0 radical (unpaired) electrons. The van der Waals surface area contributed by atoms with Crippen LogP contribution in [0.25, 0.3) is 0 Å². The number of carbonyl (C=O) groups is 4. The molecule has 4 amide bonds. The number of anilines is 1. The summed E-state index contributed by atoms with van der Waals surface area (Å²) in [5.41, 5.74) is -0.991. The van der Waals surface area contributed by atoms with Gasteiger partial charge in [-0.15, -0.1) is 0 Å². The van der Waals surface area contributed by atoms with E-state index < -0.39 is 65.9 Å². The predicted octanol–water partition coefficient (Wildman–Crippen LogP) is 3.95. The van der Waals surface area contributed by atoms with Gasteiger partial charge in [-0.25, -0.2) is 13.2 Å². The molecular weight excluding hydrogens is 651 g/mol. The molecule has 1 saturated heterocycles. The molecule has 15 heteroatoms. The zero-order valence-electron chi connectivity index (χ0n) is 27.2. The van der Waals surface area contributed by atoms with E-state index in [0.29, 0.717) is 31.7 Å². The number of carbonyl (C=O) groups excluding carboxylic acids is 4. The van der Waals surface area contributed by atoms with Gasteiger partial charge >= 0.3 is 5.92 Å². The number of alkyl halides is 4. The topological polar surface area (TPSA) is 135 Å². The fourth-order valence-corrected chi connectivity index (χ4v) is 5.92. The maximum atomic E-state index is 15.4. The highest BCUT2D eigenvalue weighted by molar-refractivity contribution is 5.98. The Morgan fingerprint density at radius 2 is 1.69 bits per heavy atom. The van der Waals surface area contributed by atoms with Crippen molar-refractivity contribution in [1.82, 2.24) is 20.4 Å². The Labute approximate surface area is 281 Å². The fourth-order valence-electron chi connectivity index (χ4n) is 5.92. The summed E-state index contributed by atoms with van der Waals surface area (Å²) in [5.74, 6) is -12.8. The lowest BCUT2D eigenvalue weighted by atomic mass is 9.81. The van der Waals surface area contributed by atoms with Gasteiger partial charge in [-0.05, 0) is 55.6 Å². The molecule has 4 rings (SSSR count). The molecule has 10 nitrogen and oxygen atoms in total. The van der Waals surface area contributed by atoms with E-state index in [1.54, 1.807) is 17.9 Å². The van der Waals surface area contributed by atoms with Crippen LogP contribution in [0.4, 0.5) is 27.6 Å². The standard InChI is InChI=1S/C34H39F5N6O4/c1-3-28(46)41-27(31(48)45-15-13-44(2)14-16-45)19-21-7-8-26(25(35)18-21)42-30(47)29(23-9-11-33(36,37)12-10-23)43-32(49)34(38,39)24-6-4-5-22(17-24)20-40/h4-8,17-18,23,27,29H,3,9-16,19H2,1-2H3,(H,41,46)(H,42,47)(H,43,49)/t27-,29+/m1/s1. The smallest absolute Gasteiger partial charge is 0.344 e. The molecule has 2 atom stereocenters. The van der Waals surface area contributed by atoms with Crippen molar-refractivity contribution in [2.45, 2.75) is 69.4 Å². The highest BCUT2D eigenvalue weighted by Gasteiger charge is 2.46. The summed E-state index contributed by atoms with van der Waals surface area (Å²) in [7, 11) is 1.93. The second-order valence-corrected chi connectivity index (χ2v) is 12.5. The molecule has 264 valence electrons. The van der Waals surface area contributed by atoms with Gasteiger partial charge < -0.3 is 25.8 Å². The number of piperazine rings is 1. The minimum atomic E-state index is -4.19. The Morgan fingerprint density at radius 1 is 1.02 bits per heavy atom. The summed E-state index contributed by atoms with van der Waals surface area (Å²) in [4.78, 5) is 55.6. The lowest BCUT2D eigenvalue weighted by molar-refractivity contribution is -0.150. The van der Waals surface area contributed by atoms with Crippen molar-refractivity contribution < 1.29 is 41.1 Å². The molecule has 2 aliphatic rings. The largest absolute Gasteiger partial charge is 0.349 e. The number of nitrogens with zero attached hydrogens (tertiary/aromatic N) is 3. The van der Waals surface area contributed by atoms with Crippen LogP contribution in [0.1, 0.15) is 55.7 Å². The molecule has 2 fully saturated rings. The van der Waals surface area contributed by atoms with Crippen molar-refractivity contribution in [1.29, 1.82) is 5.26 Å². The molecule has 1 aliphatic heterocycles. The maximum Gasteiger partial charge on any atom is 0.349 e. The second kappa shape index (κ2) is 15.8. The van der Waals surface area contributed by atoms with E-state index in [9.17, 15) is 28.0 Å². The molecule has 1 aliphatic carbocycles. The van der Waals surface area contributed by atoms with Crippen LogP contribution in [-0.2, 0) is 31.5 Å². The zero-order chi connectivity index (χ0) is 35.9. The summed E-state index contributed by atoms with van der Waals surface area (Å²) in [6, 6.07) is 6.87. The normalized spacial score (nSPS) is 18.1. The van der Waals surface area contributed by atoms with Gasteiger partial charge in [0, 0.05) is 57.4 Å². The molecule has 49 heavy (non-hydrogen) atoms. The third kappa shape index (κ3) is 9.53. The average molecular weight is 691 g/mol. The van der Waals surface area contributed by atoms with E-state index in [4.69, 9.17) is 5.26 Å². The molecule has 1 heterocycles. The van der Waals surface area contributed by atoms with Crippen LogP contribution < -0.4 is 16.0 Å². The number of hydrogen-bond acceptors (Lipinski definition) is 6. The first-order valence-corrected chi connectivity index (χ1v) is 16.1. The number of likely N-dealkylation sites (N-methyl/N-ethyl adjacent to an activating group) is 1. The van der Waals surface area contributed by atoms with Gasteiger partial charge in [-0.2, -0.15) is 14.0 Å². The number of benzene rings is 2. The van der Waals surface area contributed by atoms with Crippen molar-refractivity contribution >= 4 is 29.3 Å². The molecule has 1 saturated carbocycles. The monoisotopic (exact) mass is 690 g/mol. The van der Waals surface area contributed by atoms with Crippen LogP contribution in [0.5, 0.6) is 0 Å². The lowest BCUT2D eigenvalue weighted by Crippen LogP contribution is -2.54. The first kappa shape index (κ1) is 37.2. The van der Waals surface area contributed by atoms with Crippen molar-refractivity contribution in [3.63, 3.8) is 0 Å². The van der Waals surface area contributed by atoms with Crippen molar-refractivity contribution in [3.05, 3.63) is 65.0 Å². The number of amides is 4. The summed E-state index contributed by atoms with van der Waals surface area (Å²) in [5, 5.41) is 16.1. The Balaban J connectivity index is 1.52. The summed E-state index contributed by atoms with van der Waals surface area (Å²) in [6.07, 6.45) is -1.74. The van der Waals surface area contributed by atoms with E-state index in [1.807, 2.05) is 12.4 Å². The number of hydrogen-bond donors (Lipinski definition) is 3. The minimum Gasteiger partial charge on any atom is -0.344 e. The van der Waals surface area contributed by atoms with Gasteiger partial charge in [0.2, 0.25) is 23.6 Å². The van der Waals surface area contributed by atoms with Gasteiger partial charge in [0.05, 0.1) is 17.3 Å². The van der Waals surface area contributed by atoms with E-state index in [-0.39, 0.29) is 48.7 Å². The van der Waals surface area contributed by atoms with Crippen LogP contribution in [0.2, 0.25) is 0 Å². The number of nitrogens with one attached hydrogen (secondary N) is 3. The SMILES string of the molecule is CCC(=O)N[C@H](Cc1ccc(NC(=O)[C@@H](NC(=O)C(F)(F)c2cccc(C#N)c2)C2CCC(F)(F)CC2)c(F)c1)C(=O)N1CCN(C)CC1. The summed E-state index contributed by atoms with van der Waals surface area (Å²) >= 11 is 0. The molecule has 0 aromatic heterocycles. The molecule has 2 aromatic rings. The highest BCUT2D eigenvalue weighted by Crippen LogP contribution is 2.38. The summed E-state index contributed by atoms with van der Waals surface area (Å²) < 4.78 is 73.7. The molecule has 0 bridgehead atoms. The Kier molecular flexibility index (Phi) is 12.0. The Morgan fingerprint density at radius 3 is 2.31 bits per heavy atom. The quantitative estimate of drug-likeness (QED) is 0.306. The molecule has 0 spiro atoms. The predicted molar refractivity (Wildman–Crippen MR) is 169 cm³/mol. The van der Waals surface area contributed by atoms with Crippen LogP contribution in [0.15, 0.2) is 42.5 Å². The van der Waals surface area contributed by atoms with E-state index in [1.165, 1.54) is 18.2 Å². The lowest BCUT2D eigenvalue weighted by Gasteiger charge is -2.35. The third-order valence-corrected chi connectivity index (χ3v) is 8.94. The van der Waals surface area contributed by atoms with E-state index in [0.717, 1.165) is 24.3 Å². The molecule has 0 unspecified atom stereocenters. The average Bonchev–Trinajstić information content (AvgIpc) is 3.08. The summed E-state index contributed by atoms with van der Waals surface area (Å²) in [6.45, 7) is 3.86. The van der Waals surface area contributed by atoms with Gasteiger partial charge in [0.15, 0.2) is 0 Å². The first-order valence-electron chi connectivity index (χ1n) is 16.1. The van der Waals surface area contributed by atoms with Crippen LogP contribution in [0.3, 0.4) is 0 Å². The Bertz CT molecular complexity index is 1580. The molecule has 2 aromatic carbocycles. The fraction of sp³-hybridized carbons (Fsp3) is 0.500.